The number of likely N-dealkylation sites (tertiary alicyclic amines) is 1. The van der Waals surface area contributed by atoms with Crippen molar-refractivity contribution in [2.75, 3.05) is 19.3 Å². The number of nitrogens with zero attached hydrogens (tertiary/aromatic N) is 1. The fourth-order valence-corrected chi connectivity index (χ4v) is 3.46. The second kappa shape index (κ2) is 6.24. The van der Waals surface area contributed by atoms with Crippen molar-refractivity contribution in [3.8, 4) is 0 Å². The molecule has 1 fully saturated rings. The van der Waals surface area contributed by atoms with E-state index in [0.717, 1.165) is 31.0 Å². The zero-order valence-electron chi connectivity index (χ0n) is 12.2. The Morgan fingerprint density at radius 3 is 2.50 bits per heavy atom. The first-order valence-electron chi connectivity index (χ1n) is 7.13. The molecule has 112 valence electrons. The minimum atomic E-state index is -3.11. The molecule has 2 rings (SSSR count). The highest BCUT2D eigenvalue weighted by Gasteiger charge is 2.25. The largest absolute Gasteiger partial charge is 0.329 e. The predicted octanol–water partition coefficient (Wildman–Crippen LogP) is 1.65. The van der Waals surface area contributed by atoms with E-state index in [0.29, 0.717) is 17.5 Å². The summed E-state index contributed by atoms with van der Waals surface area (Å²) in [5, 5.41) is 0. The Balaban J connectivity index is 2.06. The highest BCUT2D eigenvalue weighted by atomic mass is 32.2. The molecule has 0 radical (unpaired) electrons. The lowest BCUT2D eigenvalue weighted by atomic mass is 9.92. The molecular formula is C15H24N2O2S. The molecule has 20 heavy (non-hydrogen) atoms. The van der Waals surface area contributed by atoms with Crippen LogP contribution in [0.3, 0.4) is 0 Å². The zero-order valence-corrected chi connectivity index (χ0v) is 13.1. The van der Waals surface area contributed by atoms with Gasteiger partial charge in [-0.3, -0.25) is 4.90 Å². The fourth-order valence-electron chi connectivity index (χ4n) is 2.83. The number of sulfone groups is 1. The van der Waals surface area contributed by atoms with Crippen LogP contribution >= 0.6 is 0 Å². The standard InChI is InChI=1S/C15H24N2O2S/c1-12-7-8-17(14(9-12)10-16)11-13-3-5-15(6-4-13)20(2,18)19/h3-6,12,14H,7-11,16H2,1-2H3. The molecule has 1 saturated heterocycles. The van der Waals surface area contributed by atoms with Crippen LogP contribution in [0, 0.1) is 5.92 Å². The lowest BCUT2D eigenvalue weighted by Crippen LogP contribution is -2.45. The third-order valence-corrected chi connectivity index (χ3v) is 5.24. The summed E-state index contributed by atoms with van der Waals surface area (Å²) in [5.41, 5.74) is 7.01. The van der Waals surface area contributed by atoms with Crippen molar-refractivity contribution in [1.29, 1.82) is 0 Å². The van der Waals surface area contributed by atoms with Gasteiger partial charge in [0.05, 0.1) is 4.90 Å². The number of benzene rings is 1. The molecule has 1 heterocycles. The van der Waals surface area contributed by atoms with Gasteiger partial charge < -0.3 is 5.73 Å². The maximum atomic E-state index is 11.4. The monoisotopic (exact) mass is 296 g/mol. The molecule has 4 nitrogen and oxygen atoms in total. The Labute approximate surface area is 121 Å². The van der Waals surface area contributed by atoms with Crippen LogP contribution < -0.4 is 5.73 Å². The molecule has 0 aliphatic carbocycles. The smallest absolute Gasteiger partial charge is 0.175 e. The van der Waals surface area contributed by atoms with E-state index in [1.807, 2.05) is 12.1 Å². The Kier molecular flexibility index (Phi) is 4.83. The first kappa shape index (κ1) is 15.5. The highest BCUT2D eigenvalue weighted by Crippen LogP contribution is 2.24. The second-order valence-electron chi connectivity index (χ2n) is 5.91. The molecule has 1 aliphatic rings. The van der Waals surface area contributed by atoms with Gasteiger partial charge in [-0.2, -0.15) is 0 Å². The van der Waals surface area contributed by atoms with Gasteiger partial charge in [-0.25, -0.2) is 8.42 Å². The van der Waals surface area contributed by atoms with Crippen LogP contribution in [0.25, 0.3) is 0 Å². The van der Waals surface area contributed by atoms with Crippen molar-refractivity contribution in [3.05, 3.63) is 29.8 Å². The third kappa shape index (κ3) is 3.81. The van der Waals surface area contributed by atoms with Gasteiger partial charge in [0, 0.05) is 25.4 Å². The van der Waals surface area contributed by atoms with Crippen molar-refractivity contribution in [2.24, 2.45) is 11.7 Å². The van der Waals surface area contributed by atoms with Gasteiger partial charge in [-0.1, -0.05) is 19.1 Å². The van der Waals surface area contributed by atoms with Crippen molar-refractivity contribution < 1.29 is 8.42 Å². The number of hydrogen-bond acceptors (Lipinski definition) is 4. The number of rotatable bonds is 4. The van der Waals surface area contributed by atoms with Crippen LogP contribution in [-0.4, -0.2) is 38.7 Å². The molecule has 1 aromatic carbocycles. The minimum Gasteiger partial charge on any atom is -0.329 e. The average molecular weight is 296 g/mol. The molecule has 2 unspecified atom stereocenters. The molecule has 2 atom stereocenters. The Morgan fingerprint density at radius 2 is 1.95 bits per heavy atom. The van der Waals surface area contributed by atoms with Crippen molar-refractivity contribution >= 4 is 9.84 Å². The van der Waals surface area contributed by atoms with E-state index in [1.165, 1.54) is 12.7 Å². The quantitative estimate of drug-likeness (QED) is 0.917. The van der Waals surface area contributed by atoms with Crippen LogP contribution in [-0.2, 0) is 16.4 Å². The van der Waals surface area contributed by atoms with E-state index in [9.17, 15) is 8.42 Å². The molecule has 0 bridgehead atoms. The molecule has 0 saturated carbocycles. The van der Waals surface area contributed by atoms with Gasteiger partial charge >= 0.3 is 0 Å². The van der Waals surface area contributed by atoms with E-state index in [4.69, 9.17) is 5.73 Å². The van der Waals surface area contributed by atoms with Gasteiger partial charge in [-0.05, 0) is 43.0 Å². The predicted molar refractivity (Wildman–Crippen MR) is 81.2 cm³/mol. The van der Waals surface area contributed by atoms with Crippen LogP contribution in [0.4, 0.5) is 0 Å². The van der Waals surface area contributed by atoms with E-state index < -0.39 is 9.84 Å². The molecule has 1 aliphatic heterocycles. The molecule has 1 aromatic rings. The summed E-state index contributed by atoms with van der Waals surface area (Å²) in [7, 11) is -3.11. The highest BCUT2D eigenvalue weighted by molar-refractivity contribution is 7.90. The Morgan fingerprint density at radius 1 is 1.30 bits per heavy atom. The summed E-state index contributed by atoms with van der Waals surface area (Å²) in [6.45, 7) is 4.88. The molecular weight excluding hydrogens is 272 g/mol. The van der Waals surface area contributed by atoms with Gasteiger partial charge in [0.25, 0.3) is 0 Å². The van der Waals surface area contributed by atoms with Gasteiger partial charge in [0.1, 0.15) is 0 Å². The van der Waals surface area contributed by atoms with Crippen LogP contribution in [0.2, 0.25) is 0 Å². The van der Waals surface area contributed by atoms with Crippen molar-refractivity contribution in [2.45, 2.75) is 37.2 Å². The third-order valence-electron chi connectivity index (χ3n) is 4.11. The van der Waals surface area contributed by atoms with Crippen LogP contribution in [0.1, 0.15) is 25.3 Å². The summed E-state index contributed by atoms with van der Waals surface area (Å²) in [5.74, 6) is 0.743. The summed E-state index contributed by atoms with van der Waals surface area (Å²) in [4.78, 5) is 2.79. The number of hydrogen-bond donors (Lipinski definition) is 1. The van der Waals surface area contributed by atoms with E-state index in [2.05, 4.69) is 11.8 Å². The Bertz CT molecular complexity index is 539. The van der Waals surface area contributed by atoms with Gasteiger partial charge in [-0.15, -0.1) is 0 Å². The van der Waals surface area contributed by atoms with E-state index >= 15 is 0 Å². The minimum absolute atomic E-state index is 0.379. The lowest BCUT2D eigenvalue weighted by Gasteiger charge is -2.38. The first-order chi connectivity index (χ1) is 9.40. The fraction of sp³-hybridized carbons (Fsp3) is 0.600. The van der Waals surface area contributed by atoms with E-state index in [1.54, 1.807) is 12.1 Å². The van der Waals surface area contributed by atoms with Crippen molar-refractivity contribution in [3.63, 3.8) is 0 Å². The van der Waals surface area contributed by atoms with Gasteiger partial charge in [0.15, 0.2) is 9.84 Å². The summed E-state index contributed by atoms with van der Waals surface area (Å²) < 4.78 is 22.9. The average Bonchev–Trinajstić information content (AvgIpc) is 2.40. The first-order valence-corrected chi connectivity index (χ1v) is 9.02. The van der Waals surface area contributed by atoms with Crippen molar-refractivity contribution in [1.82, 2.24) is 4.90 Å². The normalized spacial score (nSPS) is 24.8. The Hall–Kier alpha value is -0.910. The maximum Gasteiger partial charge on any atom is 0.175 e. The zero-order chi connectivity index (χ0) is 14.8. The maximum absolute atomic E-state index is 11.4. The molecule has 0 amide bonds. The molecule has 0 spiro atoms. The lowest BCUT2D eigenvalue weighted by molar-refractivity contribution is 0.115. The molecule has 2 N–H and O–H groups in total. The number of piperidine rings is 1. The summed E-state index contributed by atoms with van der Waals surface area (Å²) in [6.07, 6.45) is 3.59. The number of nitrogens with two attached hydrogens (primary N) is 1. The second-order valence-corrected chi connectivity index (χ2v) is 7.92. The SMILES string of the molecule is CC1CCN(Cc2ccc(S(C)(=O)=O)cc2)C(CN)C1. The van der Waals surface area contributed by atoms with Crippen LogP contribution in [0.5, 0.6) is 0 Å². The summed E-state index contributed by atoms with van der Waals surface area (Å²) >= 11 is 0. The molecule has 5 heteroatoms. The van der Waals surface area contributed by atoms with Gasteiger partial charge in [0.2, 0.25) is 0 Å². The van der Waals surface area contributed by atoms with Crippen LogP contribution in [0.15, 0.2) is 29.2 Å². The topological polar surface area (TPSA) is 63.4 Å². The van der Waals surface area contributed by atoms with E-state index in [-0.39, 0.29) is 0 Å². The molecule has 0 aromatic heterocycles. The summed E-state index contributed by atoms with van der Waals surface area (Å²) in [6, 6.07) is 7.63.